The third-order valence-corrected chi connectivity index (χ3v) is 4.84. The van der Waals surface area contributed by atoms with E-state index < -0.39 is 0 Å². The Morgan fingerprint density at radius 2 is 1.62 bits per heavy atom. The van der Waals surface area contributed by atoms with Crippen LogP contribution in [0, 0.1) is 0 Å². The van der Waals surface area contributed by atoms with Crippen LogP contribution in [0.3, 0.4) is 0 Å². The highest BCUT2D eigenvalue weighted by atomic mass is 16.5. The molecule has 2 aromatic heterocycles. The van der Waals surface area contributed by atoms with Crippen LogP contribution in [0.4, 0.5) is 0 Å². The van der Waals surface area contributed by atoms with E-state index in [1.807, 2.05) is 72.9 Å². The van der Waals surface area contributed by atoms with Crippen molar-refractivity contribution in [3.8, 4) is 5.75 Å². The summed E-state index contributed by atoms with van der Waals surface area (Å²) < 4.78 is 5.70. The Balaban J connectivity index is 1.26. The molecule has 4 rings (SSSR count). The lowest BCUT2D eigenvalue weighted by Crippen LogP contribution is -2.01. The smallest absolute Gasteiger partial charge is 0.163 e. The lowest BCUT2D eigenvalue weighted by atomic mass is 10.1. The minimum Gasteiger partial charge on any atom is -0.487 e. The van der Waals surface area contributed by atoms with Gasteiger partial charge in [-0.1, -0.05) is 36.4 Å². The Bertz CT molecular complexity index is 1270. The Hall–Kier alpha value is -4.25. The van der Waals surface area contributed by atoms with Crippen LogP contribution in [0.25, 0.3) is 23.1 Å². The Kier molecular flexibility index (Phi) is 6.68. The lowest BCUT2D eigenvalue weighted by Gasteiger charge is -2.05. The average Bonchev–Trinajstić information content (AvgIpc) is 3.29. The van der Waals surface area contributed by atoms with E-state index in [1.54, 1.807) is 18.3 Å². The largest absolute Gasteiger partial charge is 0.487 e. The number of H-pyrrole nitrogens is 1. The van der Waals surface area contributed by atoms with Gasteiger partial charge in [0.2, 0.25) is 0 Å². The normalized spacial score (nSPS) is 11.4. The number of fused-ring (bicyclic) bond motifs is 1. The van der Waals surface area contributed by atoms with Crippen LogP contribution < -0.4 is 4.74 Å². The fraction of sp³-hybridized carbons (Fsp3) is 0.0741. The molecule has 0 saturated carbocycles. The zero-order chi connectivity index (χ0) is 22.2. The van der Waals surface area contributed by atoms with Crippen molar-refractivity contribution < 1.29 is 14.3 Å². The topological polar surface area (TPSA) is 72.0 Å². The molecule has 2 heterocycles. The Labute approximate surface area is 186 Å². The summed E-state index contributed by atoms with van der Waals surface area (Å²) in [6.45, 7) is 0.392. The van der Waals surface area contributed by atoms with Gasteiger partial charge in [0.05, 0.1) is 12.1 Å². The van der Waals surface area contributed by atoms with Gasteiger partial charge < -0.3 is 9.72 Å². The molecule has 0 amide bonds. The van der Waals surface area contributed by atoms with E-state index >= 15 is 0 Å². The molecule has 2 aromatic carbocycles. The number of pyridine rings is 1. The molecule has 5 nitrogen and oxygen atoms in total. The summed E-state index contributed by atoms with van der Waals surface area (Å²) in [6, 6.07) is 20.9. The highest BCUT2D eigenvalue weighted by molar-refractivity contribution is 6.11. The molecule has 0 aliphatic rings. The maximum atomic E-state index is 12.1. The molecule has 4 aromatic rings. The standard InChI is InChI=1S/C27H22N2O3/c30-24(18-25(31)10-5-21-8-13-27-22(17-21)14-16-29-27)9-4-20-6-11-26(12-7-20)32-19-23-3-1-2-15-28-23/h1-17,29H,18-19H2. The number of nitrogens with zero attached hydrogens (tertiary/aromatic N) is 1. The molecule has 1 N–H and O–H groups in total. The van der Waals surface area contributed by atoms with E-state index in [1.165, 1.54) is 12.2 Å². The number of carbonyl (C=O) groups is 2. The quantitative estimate of drug-likeness (QED) is 0.290. The Morgan fingerprint density at radius 1 is 0.875 bits per heavy atom. The molecule has 0 bridgehead atoms. The summed E-state index contributed by atoms with van der Waals surface area (Å²) >= 11 is 0. The first-order valence-electron chi connectivity index (χ1n) is 10.3. The highest BCUT2D eigenvalue weighted by Crippen LogP contribution is 2.16. The van der Waals surface area contributed by atoms with Crippen LogP contribution in [-0.4, -0.2) is 21.5 Å². The van der Waals surface area contributed by atoms with E-state index in [9.17, 15) is 9.59 Å². The van der Waals surface area contributed by atoms with Crippen molar-refractivity contribution in [2.24, 2.45) is 0 Å². The second kappa shape index (κ2) is 10.2. The van der Waals surface area contributed by atoms with Gasteiger partial charge in [-0.25, -0.2) is 0 Å². The van der Waals surface area contributed by atoms with Crippen LogP contribution in [0.15, 0.2) is 91.3 Å². The first kappa shape index (κ1) is 21.0. The van der Waals surface area contributed by atoms with E-state index in [4.69, 9.17) is 4.74 Å². The molecule has 0 atom stereocenters. The molecule has 158 valence electrons. The summed E-state index contributed by atoms with van der Waals surface area (Å²) in [5.74, 6) is 0.251. The SMILES string of the molecule is O=C(C=Cc1ccc(OCc2ccccn2)cc1)CC(=O)C=Cc1ccc2[nH]ccc2c1. The van der Waals surface area contributed by atoms with Gasteiger partial charge >= 0.3 is 0 Å². The molecule has 0 saturated heterocycles. The van der Waals surface area contributed by atoms with Gasteiger partial charge in [-0.05, 0) is 71.1 Å². The fourth-order valence-corrected chi connectivity index (χ4v) is 3.16. The molecule has 0 unspecified atom stereocenters. The van der Waals surface area contributed by atoms with E-state index in [-0.39, 0.29) is 18.0 Å². The van der Waals surface area contributed by atoms with Crippen molar-refractivity contribution in [1.29, 1.82) is 0 Å². The van der Waals surface area contributed by atoms with Crippen molar-refractivity contribution in [2.45, 2.75) is 13.0 Å². The molecule has 5 heteroatoms. The minimum atomic E-state index is -0.240. The first-order chi connectivity index (χ1) is 15.7. The number of ketones is 2. The summed E-state index contributed by atoms with van der Waals surface area (Å²) in [5.41, 5.74) is 3.66. The number of allylic oxidation sites excluding steroid dienone is 2. The van der Waals surface area contributed by atoms with Crippen LogP contribution in [0.1, 0.15) is 23.2 Å². The van der Waals surface area contributed by atoms with Crippen molar-refractivity contribution in [1.82, 2.24) is 9.97 Å². The van der Waals surface area contributed by atoms with Crippen molar-refractivity contribution in [3.05, 3.63) is 108 Å². The molecule has 0 radical (unpaired) electrons. The number of aromatic nitrogens is 2. The van der Waals surface area contributed by atoms with Crippen LogP contribution in [0.2, 0.25) is 0 Å². The summed E-state index contributed by atoms with van der Waals surface area (Å²) in [7, 11) is 0. The number of hydrogen-bond acceptors (Lipinski definition) is 4. The van der Waals surface area contributed by atoms with Gasteiger partial charge in [0, 0.05) is 17.9 Å². The van der Waals surface area contributed by atoms with Crippen LogP contribution in [0.5, 0.6) is 5.75 Å². The summed E-state index contributed by atoms with van der Waals surface area (Å²) in [4.78, 5) is 31.6. The lowest BCUT2D eigenvalue weighted by molar-refractivity contribution is -0.121. The van der Waals surface area contributed by atoms with Gasteiger partial charge in [0.15, 0.2) is 11.6 Å². The molecule has 32 heavy (non-hydrogen) atoms. The van der Waals surface area contributed by atoms with Crippen LogP contribution >= 0.6 is 0 Å². The first-order valence-corrected chi connectivity index (χ1v) is 10.3. The second-order valence-electron chi connectivity index (χ2n) is 7.28. The van der Waals surface area contributed by atoms with E-state index in [0.29, 0.717) is 6.61 Å². The number of benzene rings is 2. The van der Waals surface area contributed by atoms with Gasteiger partial charge in [0.25, 0.3) is 0 Å². The number of rotatable bonds is 9. The predicted molar refractivity (Wildman–Crippen MR) is 126 cm³/mol. The van der Waals surface area contributed by atoms with Gasteiger partial charge in [-0.2, -0.15) is 0 Å². The molecule has 0 fully saturated rings. The van der Waals surface area contributed by atoms with Gasteiger partial charge in [-0.3, -0.25) is 14.6 Å². The number of nitrogens with one attached hydrogen (secondary N) is 1. The van der Waals surface area contributed by atoms with Crippen molar-refractivity contribution in [3.63, 3.8) is 0 Å². The maximum Gasteiger partial charge on any atom is 0.163 e. The molecule has 0 spiro atoms. The number of aromatic amines is 1. The van der Waals surface area contributed by atoms with E-state index in [0.717, 1.165) is 33.5 Å². The zero-order valence-electron chi connectivity index (χ0n) is 17.4. The highest BCUT2D eigenvalue weighted by Gasteiger charge is 2.04. The predicted octanol–water partition coefficient (Wildman–Crippen LogP) is 5.40. The van der Waals surface area contributed by atoms with Gasteiger partial charge in [0.1, 0.15) is 12.4 Å². The molecular weight excluding hydrogens is 400 g/mol. The van der Waals surface area contributed by atoms with Crippen LogP contribution in [-0.2, 0) is 16.2 Å². The third-order valence-electron chi connectivity index (χ3n) is 4.84. The number of carbonyl (C=O) groups excluding carboxylic acids is 2. The fourth-order valence-electron chi connectivity index (χ4n) is 3.16. The zero-order valence-corrected chi connectivity index (χ0v) is 17.4. The van der Waals surface area contributed by atoms with E-state index in [2.05, 4.69) is 9.97 Å². The molecular formula is C27H22N2O3. The number of ether oxygens (including phenoxy) is 1. The van der Waals surface area contributed by atoms with Crippen molar-refractivity contribution >= 4 is 34.6 Å². The number of hydrogen-bond donors (Lipinski definition) is 1. The van der Waals surface area contributed by atoms with Gasteiger partial charge in [-0.15, -0.1) is 0 Å². The summed E-state index contributed by atoms with van der Waals surface area (Å²) in [5, 5.41) is 1.08. The Morgan fingerprint density at radius 3 is 2.38 bits per heavy atom. The van der Waals surface area contributed by atoms with Crippen molar-refractivity contribution in [2.75, 3.05) is 0 Å². The maximum absolute atomic E-state index is 12.1. The molecule has 0 aliphatic carbocycles. The second-order valence-corrected chi connectivity index (χ2v) is 7.28. The summed E-state index contributed by atoms with van der Waals surface area (Å²) in [6.07, 6.45) is 9.75. The molecule has 0 aliphatic heterocycles. The monoisotopic (exact) mass is 422 g/mol. The average molecular weight is 422 g/mol. The third kappa shape index (κ3) is 5.89. The minimum absolute atomic E-state index is 0.162.